The first-order valence-electron chi connectivity index (χ1n) is 8.92. The highest BCUT2D eigenvalue weighted by atomic mass is 19.4. The highest BCUT2D eigenvalue weighted by molar-refractivity contribution is 5.81. The molecule has 0 aliphatic carbocycles. The van der Waals surface area contributed by atoms with Crippen molar-refractivity contribution in [3.63, 3.8) is 0 Å². The molecular weight excluding hydrogens is 341 g/mol. The molecule has 1 heterocycles. The van der Waals surface area contributed by atoms with Crippen molar-refractivity contribution in [3.8, 4) is 0 Å². The molecule has 0 saturated heterocycles. The summed E-state index contributed by atoms with van der Waals surface area (Å²) < 4.78 is 37.1. The lowest BCUT2D eigenvalue weighted by Gasteiger charge is -2.30. The van der Waals surface area contributed by atoms with E-state index in [4.69, 9.17) is 0 Å². The predicted molar refractivity (Wildman–Crippen MR) is 100 cm³/mol. The van der Waals surface area contributed by atoms with Gasteiger partial charge in [-0.25, -0.2) is 0 Å². The largest absolute Gasteiger partial charge is 0.401 e. The summed E-state index contributed by atoms with van der Waals surface area (Å²) >= 11 is 0. The van der Waals surface area contributed by atoms with Crippen LogP contribution in [0.15, 0.2) is 41.4 Å². The van der Waals surface area contributed by atoms with E-state index >= 15 is 0 Å². The molecule has 0 unspecified atom stereocenters. The Bertz CT molecular complexity index is 611. The van der Waals surface area contributed by atoms with E-state index in [1.165, 1.54) is 23.1 Å². The summed E-state index contributed by atoms with van der Waals surface area (Å²) in [6.07, 6.45) is -1.06. The monoisotopic (exact) mass is 368 g/mol. The number of hydrogen-bond acceptors (Lipinski definition) is 2. The maximum atomic E-state index is 12.4. The number of aliphatic imine (C=N–C) groups is 1. The predicted octanol–water partition coefficient (Wildman–Crippen LogP) is 3.24. The molecule has 1 aromatic rings. The SMILES string of the molecule is CCNC(=NCCN(C)CC(F)(F)F)N1CC=C(c2ccccc2)CC1. The lowest BCUT2D eigenvalue weighted by atomic mass is 10.00. The standard InChI is InChI=1S/C19H27F3N4/c1-3-23-18(24-11-14-25(2)15-19(20,21)22)26-12-9-17(10-13-26)16-7-5-4-6-8-16/h4-9H,3,10-15H2,1-2H3,(H,23,24). The summed E-state index contributed by atoms with van der Waals surface area (Å²) in [6.45, 7) is 3.99. The van der Waals surface area contributed by atoms with E-state index in [-0.39, 0.29) is 6.54 Å². The third-order valence-electron chi connectivity index (χ3n) is 4.18. The van der Waals surface area contributed by atoms with Crippen molar-refractivity contribution in [2.75, 3.05) is 46.3 Å². The second-order valence-electron chi connectivity index (χ2n) is 6.38. The van der Waals surface area contributed by atoms with Gasteiger partial charge >= 0.3 is 6.18 Å². The van der Waals surface area contributed by atoms with Crippen LogP contribution in [-0.2, 0) is 0 Å². The minimum Gasteiger partial charge on any atom is -0.357 e. The van der Waals surface area contributed by atoms with Crippen LogP contribution in [0, 0.1) is 0 Å². The van der Waals surface area contributed by atoms with Gasteiger partial charge in [0.15, 0.2) is 5.96 Å². The molecule has 0 fully saturated rings. The number of hydrogen-bond donors (Lipinski definition) is 1. The van der Waals surface area contributed by atoms with Gasteiger partial charge in [0, 0.05) is 26.2 Å². The molecule has 0 spiro atoms. The number of guanidine groups is 1. The van der Waals surface area contributed by atoms with E-state index in [0.717, 1.165) is 32.0 Å². The van der Waals surface area contributed by atoms with E-state index in [1.807, 2.05) is 25.1 Å². The summed E-state index contributed by atoms with van der Waals surface area (Å²) in [5.41, 5.74) is 2.56. The fourth-order valence-corrected chi connectivity index (χ4v) is 2.91. The van der Waals surface area contributed by atoms with Crippen molar-refractivity contribution < 1.29 is 13.2 Å². The van der Waals surface area contributed by atoms with Crippen LogP contribution in [0.3, 0.4) is 0 Å². The third kappa shape index (κ3) is 6.71. The highest BCUT2D eigenvalue weighted by Gasteiger charge is 2.28. The van der Waals surface area contributed by atoms with Gasteiger partial charge in [-0.15, -0.1) is 0 Å². The Labute approximate surface area is 153 Å². The second-order valence-corrected chi connectivity index (χ2v) is 6.38. The van der Waals surface area contributed by atoms with Crippen LogP contribution in [0.2, 0.25) is 0 Å². The molecule has 1 N–H and O–H groups in total. The van der Waals surface area contributed by atoms with Gasteiger partial charge in [-0.05, 0) is 31.5 Å². The van der Waals surface area contributed by atoms with E-state index in [2.05, 4.69) is 33.4 Å². The van der Waals surface area contributed by atoms with Gasteiger partial charge in [-0.1, -0.05) is 36.4 Å². The summed E-state index contributed by atoms with van der Waals surface area (Å²) in [6, 6.07) is 10.3. The van der Waals surface area contributed by atoms with Crippen LogP contribution < -0.4 is 5.32 Å². The number of likely N-dealkylation sites (N-methyl/N-ethyl adjacent to an activating group) is 1. The Balaban J connectivity index is 1.92. The maximum Gasteiger partial charge on any atom is 0.401 e. The number of benzene rings is 1. The first-order chi connectivity index (χ1) is 12.4. The second kappa shape index (κ2) is 9.62. The maximum absolute atomic E-state index is 12.4. The molecule has 26 heavy (non-hydrogen) atoms. The van der Waals surface area contributed by atoms with Crippen molar-refractivity contribution in [2.24, 2.45) is 4.99 Å². The van der Waals surface area contributed by atoms with Crippen LogP contribution in [0.25, 0.3) is 5.57 Å². The van der Waals surface area contributed by atoms with Gasteiger partial charge < -0.3 is 10.2 Å². The Morgan fingerprint density at radius 3 is 2.58 bits per heavy atom. The van der Waals surface area contributed by atoms with Crippen LogP contribution >= 0.6 is 0 Å². The van der Waals surface area contributed by atoms with Gasteiger partial charge in [-0.2, -0.15) is 13.2 Å². The van der Waals surface area contributed by atoms with Crippen molar-refractivity contribution in [1.29, 1.82) is 0 Å². The third-order valence-corrected chi connectivity index (χ3v) is 4.18. The molecule has 7 heteroatoms. The average molecular weight is 368 g/mol. The molecule has 1 aromatic carbocycles. The Morgan fingerprint density at radius 2 is 2.00 bits per heavy atom. The minimum absolute atomic E-state index is 0.271. The fraction of sp³-hybridized carbons (Fsp3) is 0.526. The number of nitrogens with one attached hydrogen (secondary N) is 1. The van der Waals surface area contributed by atoms with E-state index in [0.29, 0.717) is 6.54 Å². The topological polar surface area (TPSA) is 30.9 Å². The molecule has 0 bridgehead atoms. The molecule has 4 nitrogen and oxygen atoms in total. The molecule has 2 rings (SSSR count). The van der Waals surface area contributed by atoms with Crippen LogP contribution in [0.1, 0.15) is 18.9 Å². The number of nitrogens with zero attached hydrogens (tertiary/aromatic N) is 3. The lowest BCUT2D eigenvalue weighted by Crippen LogP contribution is -2.44. The van der Waals surface area contributed by atoms with Crippen LogP contribution in [-0.4, -0.2) is 68.3 Å². The minimum atomic E-state index is -4.17. The van der Waals surface area contributed by atoms with E-state index in [1.54, 1.807) is 0 Å². The lowest BCUT2D eigenvalue weighted by molar-refractivity contribution is -0.142. The Morgan fingerprint density at radius 1 is 1.27 bits per heavy atom. The van der Waals surface area contributed by atoms with E-state index in [9.17, 15) is 13.2 Å². The zero-order valence-electron chi connectivity index (χ0n) is 15.4. The molecule has 0 atom stereocenters. The molecule has 1 aliphatic rings. The van der Waals surface area contributed by atoms with Crippen molar-refractivity contribution in [3.05, 3.63) is 42.0 Å². The zero-order valence-corrected chi connectivity index (χ0v) is 15.4. The normalized spacial score (nSPS) is 16.0. The molecular formula is C19H27F3N4. The van der Waals surface area contributed by atoms with Crippen molar-refractivity contribution >= 4 is 11.5 Å². The van der Waals surface area contributed by atoms with Gasteiger partial charge in [0.2, 0.25) is 0 Å². The smallest absolute Gasteiger partial charge is 0.357 e. The summed E-state index contributed by atoms with van der Waals surface area (Å²) in [7, 11) is 1.46. The highest BCUT2D eigenvalue weighted by Crippen LogP contribution is 2.22. The fourth-order valence-electron chi connectivity index (χ4n) is 2.91. The number of rotatable bonds is 6. The van der Waals surface area contributed by atoms with Gasteiger partial charge in [0.1, 0.15) is 0 Å². The number of alkyl halides is 3. The molecule has 0 aromatic heterocycles. The van der Waals surface area contributed by atoms with Crippen LogP contribution in [0.4, 0.5) is 13.2 Å². The van der Waals surface area contributed by atoms with Crippen molar-refractivity contribution in [1.82, 2.24) is 15.1 Å². The zero-order chi connectivity index (χ0) is 19.0. The molecule has 0 radical (unpaired) electrons. The first-order valence-corrected chi connectivity index (χ1v) is 8.92. The summed E-state index contributed by atoms with van der Waals surface area (Å²) in [5, 5.41) is 3.23. The molecule has 144 valence electrons. The van der Waals surface area contributed by atoms with Crippen molar-refractivity contribution in [2.45, 2.75) is 19.5 Å². The summed E-state index contributed by atoms with van der Waals surface area (Å²) in [4.78, 5) is 7.88. The van der Waals surface area contributed by atoms with Gasteiger partial charge in [-0.3, -0.25) is 9.89 Å². The quantitative estimate of drug-likeness (QED) is 0.618. The number of halogens is 3. The Kier molecular flexibility index (Phi) is 7.50. The van der Waals surface area contributed by atoms with Gasteiger partial charge in [0.05, 0.1) is 13.1 Å². The molecule has 1 aliphatic heterocycles. The molecule has 0 amide bonds. The average Bonchev–Trinajstić information content (AvgIpc) is 2.60. The first kappa shape index (κ1) is 20.3. The molecule has 0 saturated carbocycles. The van der Waals surface area contributed by atoms with Crippen LogP contribution in [0.5, 0.6) is 0 Å². The van der Waals surface area contributed by atoms with Gasteiger partial charge in [0.25, 0.3) is 0 Å². The van der Waals surface area contributed by atoms with E-state index < -0.39 is 12.7 Å². The summed E-state index contributed by atoms with van der Waals surface area (Å²) in [5.74, 6) is 0.760. The Hall–Kier alpha value is -2.02.